The summed E-state index contributed by atoms with van der Waals surface area (Å²) in [5, 5.41) is 21.0. The van der Waals surface area contributed by atoms with Crippen molar-refractivity contribution in [2.45, 2.75) is 31.0 Å². The minimum Gasteiger partial charge on any atom is -0.389 e. The van der Waals surface area contributed by atoms with E-state index in [1.165, 1.54) is 12.8 Å². The van der Waals surface area contributed by atoms with Gasteiger partial charge in [0.1, 0.15) is 5.69 Å². The van der Waals surface area contributed by atoms with Gasteiger partial charge in [-0.3, -0.25) is 9.58 Å². The van der Waals surface area contributed by atoms with Crippen LogP contribution >= 0.6 is 11.6 Å². The van der Waals surface area contributed by atoms with E-state index < -0.39 is 0 Å². The smallest absolute Gasteiger partial charge is 0.103 e. The Hall–Kier alpha value is -2.13. The number of anilines is 1. The lowest BCUT2D eigenvalue weighted by molar-refractivity contribution is 0.0785. The third-order valence-electron chi connectivity index (χ3n) is 6.54. The number of hydrogen-bond acceptors (Lipinski definition) is 6. The highest BCUT2D eigenvalue weighted by Crippen LogP contribution is 2.36. The van der Waals surface area contributed by atoms with Crippen LogP contribution in [-0.2, 0) is 4.74 Å². The van der Waals surface area contributed by atoms with Crippen molar-refractivity contribution in [3.05, 3.63) is 35.7 Å². The summed E-state index contributed by atoms with van der Waals surface area (Å²) in [6, 6.07) is 4.80. The third kappa shape index (κ3) is 3.19. The van der Waals surface area contributed by atoms with Crippen LogP contribution in [0.1, 0.15) is 18.9 Å². The molecule has 0 bridgehead atoms. The van der Waals surface area contributed by atoms with Crippen LogP contribution in [0.5, 0.6) is 0 Å². The standard InChI is InChI=1S/C21H25ClN6O2/c22-17-7-14-9-24-28(16-10-23-27(11-16)15-1-2-15)18(14)8-19(17)25-3-5-26(6-4-25)20-12-30-13-21(20)29/h7-11,15,20-21,29H,1-6,12-13H2. The number of benzene rings is 1. The van der Waals surface area contributed by atoms with Gasteiger partial charge in [-0.15, -0.1) is 0 Å². The van der Waals surface area contributed by atoms with Crippen molar-refractivity contribution < 1.29 is 9.84 Å². The minimum atomic E-state index is -0.387. The normalized spacial score (nSPS) is 25.5. The van der Waals surface area contributed by atoms with Crippen molar-refractivity contribution in [1.82, 2.24) is 24.5 Å². The molecule has 30 heavy (non-hydrogen) atoms. The topological polar surface area (TPSA) is 71.6 Å². The van der Waals surface area contributed by atoms with Gasteiger partial charge in [0, 0.05) is 31.6 Å². The first-order valence-corrected chi connectivity index (χ1v) is 11.0. The average molecular weight is 429 g/mol. The largest absolute Gasteiger partial charge is 0.389 e. The van der Waals surface area contributed by atoms with E-state index in [0.29, 0.717) is 19.3 Å². The molecule has 9 heteroatoms. The molecular formula is C21H25ClN6O2. The summed E-state index contributed by atoms with van der Waals surface area (Å²) in [5.74, 6) is 0. The Kier molecular flexibility index (Phi) is 4.49. The number of aromatic nitrogens is 4. The van der Waals surface area contributed by atoms with E-state index in [1.54, 1.807) is 0 Å². The summed E-state index contributed by atoms with van der Waals surface area (Å²) in [5.41, 5.74) is 3.04. The number of halogens is 1. The number of fused-ring (bicyclic) bond motifs is 1. The number of rotatable bonds is 4. The first kappa shape index (κ1) is 18.6. The molecule has 4 heterocycles. The molecular weight excluding hydrogens is 404 g/mol. The molecule has 0 radical (unpaired) electrons. The predicted octanol–water partition coefficient (Wildman–Crippen LogP) is 2.09. The van der Waals surface area contributed by atoms with Crippen molar-refractivity contribution in [3.63, 3.8) is 0 Å². The van der Waals surface area contributed by atoms with Gasteiger partial charge in [0.2, 0.25) is 0 Å². The maximum absolute atomic E-state index is 10.1. The number of ether oxygens (including phenoxy) is 1. The van der Waals surface area contributed by atoms with Gasteiger partial charge in [0.25, 0.3) is 0 Å². The van der Waals surface area contributed by atoms with Crippen LogP contribution in [0.15, 0.2) is 30.7 Å². The van der Waals surface area contributed by atoms with Crippen molar-refractivity contribution >= 4 is 28.2 Å². The number of aliphatic hydroxyl groups is 1. The first-order valence-electron chi connectivity index (χ1n) is 10.6. The fraction of sp³-hybridized carbons (Fsp3) is 0.524. The van der Waals surface area contributed by atoms with Gasteiger partial charge in [-0.25, -0.2) is 4.68 Å². The van der Waals surface area contributed by atoms with Crippen LogP contribution in [0, 0.1) is 0 Å². The summed E-state index contributed by atoms with van der Waals surface area (Å²) in [6.07, 6.45) is 7.84. The Labute approximate surface area is 179 Å². The quantitative estimate of drug-likeness (QED) is 0.686. The molecule has 0 spiro atoms. The maximum atomic E-state index is 10.1. The van der Waals surface area contributed by atoms with E-state index in [-0.39, 0.29) is 12.1 Å². The predicted molar refractivity (Wildman–Crippen MR) is 115 cm³/mol. The van der Waals surface area contributed by atoms with Crippen LogP contribution in [0.4, 0.5) is 5.69 Å². The number of hydrogen-bond donors (Lipinski definition) is 1. The summed E-state index contributed by atoms with van der Waals surface area (Å²) in [4.78, 5) is 4.66. The van der Waals surface area contributed by atoms with Gasteiger partial charge < -0.3 is 14.7 Å². The summed E-state index contributed by atoms with van der Waals surface area (Å²) >= 11 is 6.66. The molecule has 8 nitrogen and oxygen atoms in total. The molecule has 3 aliphatic rings. The summed E-state index contributed by atoms with van der Waals surface area (Å²) < 4.78 is 9.41. The van der Waals surface area contributed by atoms with Gasteiger partial charge in [0.15, 0.2) is 0 Å². The van der Waals surface area contributed by atoms with Crippen molar-refractivity contribution in [2.24, 2.45) is 0 Å². The highest BCUT2D eigenvalue weighted by atomic mass is 35.5. The second-order valence-electron chi connectivity index (χ2n) is 8.52. The maximum Gasteiger partial charge on any atom is 0.103 e. The summed E-state index contributed by atoms with van der Waals surface area (Å²) in [6.45, 7) is 4.54. The number of piperazine rings is 1. The molecule has 2 atom stereocenters. The molecule has 1 aliphatic carbocycles. The molecule has 2 aliphatic heterocycles. The highest BCUT2D eigenvalue weighted by molar-refractivity contribution is 6.34. The van der Waals surface area contributed by atoms with E-state index in [0.717, 1.165) is 53.5 Å². The monoisotopic (exact) mass is 428 g/mol. The fourth-order valence-corrected chi connectivity index (χ4v) is 4.93. The lowest BCUT2D eigenvalue weighted by atomic mass is 10.1. The lowest BCUT2D eigenvalue weighted by Crippen LogP contribution is -2.53. The van der Waals surface area contributed by atoms with E-state index in [9.17, 15) is 5.11 Å². The molecule has 1 aromatic carbocycles. The van der Waals surface area contributed by atoms with Gasteiger partial charge in [-0.2, -0.15) is 10.2 Å². The zero-order valence-electron chi connectivity index (χ0n) is 16.7. The fourth-order valence-electron chi connectivity index (χ4n) is 4.63. The number of aliphatic hydroxyl groups excluding tert-OH is 1. The first-order chi connectivity index (χ1) is 14.7. The zero-order valence-corrected chi connectivity index (χ0v) is 17.4. The molecule has 2 aromatic heterocycles. The van der Waals surface area contributed by atoms with Gasteiger partial charge in [-0.05, 0) is 25.0 Å². The second-order valence-corrected chi connectivity index (χ2v) is 8.93. The van der Waals surface area contributed by atoms with Gasteiger partial charge >= 0.3 is 0 Å². The highest BCUT2D eigenvalue weighted by Gasteiger charge is 2.33. The van der Waals surface area contributed by atoms with E-state index in [1.807, 2.05) is 27.8 Å². The molecule has 3 aromatic rings. The third-order valence-corrected chi connectivity index (χ3v) is 6.84. The molecule has 0 amide bonds. The SMILES string of the molecule is OC1COCC1N1CCN(c2cc3c(cnn3-c3cnn(C4CC4)c3)cc2Cl)CC1. The van der Waals surface area contributed by atoms with Gasteiger partial charge in [-0.1, -0.05) is 11.6 Å². The Morgan fingerprint density at radius 3 is 2.60 bits per heavy atom. The lowest BCUT2D eigenvalue weighted by Gasteiger charge is -2.39. The van der Waals surface area contributed by atoms with Crippen LogP contribution in [-0.4, -0.2) is 81.1 Å². The van der Waals surface area contributed by atoms with Crippen LogP contribution in [0.2, 0.25) is 5.02 Å². The molecule has 3 fully saturated rings. The Morgan fingerprint density at radius 2 is 1.87 bits per heavy atom. The minimum absolute atomic E-state index is 0.106. The Bertz CT molecular complexity index is 1070. The molecule has 2 saturated heterocycles. The zero-order chi connectivity index (χ0) is 20.2. The van der Waals surface area contributed by atoms with Crippen LogP contribution < -0.4 is 4.90 Å². The second kappa shape index (κ2) is 7.23. The number of nitrogens with zero attached hydrogens (tertiary/aromatic N) is 6. The molecule has 2 unspecified atom stereocenters. The van der Waals surface area contributed by atoms with E-state index in [2.05, 4.69) is 32.3 Å². The Morgan fingerprint density at radius 1 is 1.03 bits per heavy atom. The van der Waals surface area contributed by atoms with Crippen LogP contribution in [0.3, 0.4) is 0 Å². The van der Waals surface area contributed by atoms with Crippen molar-refractivity contribution in [3.8, 4) is 5.69 Å². The van der Waals surface area contributed by atoms with E-state index >= 15 is 0 Å². The van der Waals surface area contributed by atoms with Crippen LogP contribution in [0.25, 0.3) is 16.6 Å². The molecule has 6 rings (SSSR count). The molecule has 1 saturated carbocycles. The van der Waals surface area contributed by atoms with Gasteiger partial charge in [0.05, 0.1) is 66.2 Å². The molecule has 1 N–H and O–H groups in total. The van der Waals surface area contributed by atoms with Crippen molar-refractivity contribution in [2.75, 3.05) is 44.3 Å². The molecule has 158 valence electrons. The van der Waals surface area contributed by atoms with Crippen molar-refractivity contribution in [1.29, 1.82) is 0 Å². The Balaban J connectivity index is 1.26. The van der Waals surface area contributed by atoms with E-state index in [4.69, 9.17) is 16.3 Å². The average Bonchev–Trinajstić information content (AvgIpc) is 3.14. The summed E-state index contributed by atoms with van der Waals surface area (Å²) in [7, 11) is 0.